The van der Waals surface area contributed by atoms with Gasteiger partial charge in [0.05, 0.1) is 30.7 Å². The van der Waals surface area contributed by atoms with Crippen molar-refractivity contribution in [3.63, 3.8) is 0 Å². The molecule has 2 aromatic heterocycles. The lowest BCUT2D eigenvalue weighted by atomic mass is 9.72. The second kappa shape index (κ2) is 11.3. The monoisotopic (exact) mass is 540 g/mol. The first-order valence-corrected chi connectivity index (χ1v) is 13.1. The number of hydrogen-bond donors (Lipinski definition) is 2. The Kier molecular flexibility index (Phi) is 7.86. The van der Waals surface area contributed by atoms with Crippen LogP contribution in [0, 0.1) is 29.3 Å². The highest BCUT2D eigenvalue weighted by Crippen LogP contribution is 2.41. The number of benzene rings is 1. The number of carbonyl (C=O) groups excluding carboxylic acids is 1. The molecule has 0 bridgehead atoms. The summed E-state index contributed by atoms with van der Waals surface area (Å²) in [5.41, 5.74) is 6.27. The number of amides is 1. The summed E-state index contributed by atoms with van der Waals surface area (Å²) in [6.07, 6.45) is 5.59. The van der Waals surface area contributed by atoms with Crippen LogP contribution in [0.15, 0.2) is 42.7 Å². The van der Waals surface area contributed by atoms with Crippen LogP contribution < -0.4 is 15.8 Å². The Hall–Kier alpha value is -3.50. The molecule has 2 aliphatic rings. The van der Waals surface area contributed by atoms with Gasteiger partial charge in [-0.25, -0.2) is 18.2 Å². The molecule has 1 aliphatic carbocycles. The van der Waals surface area contributed by atoms with E-state index in [4.69, 9.17) is 15.2 Å². The van der Waals surface area contributed by atoms with Crippen LogP contribution >= 0.6 is 0 Å². The van der Waals surface area contributed by atoms with Crippen molar-refractivity contribution >= 4 is 11.6 Å². The number of rotatable bonds is 7. The van der Waals surface area contributed by atoms with E-state index in [2.05, 4.69) is 29.1 Å². The normalized spacial score (nSPS) is 21.5. The number of nitrogens with two attached hydrogens (primary N) is 1. The number of hydrogen-bond acceptors (Lipinski definition) is 6. The smallest absolute Gasteiger partial charge is 0.274 e. The number of pyridine rings is 2. The highest BCUT2D eigenvalue weighted by Gasteiger charge is 2.31. The summed E-state index contributed by atoms with van der Waals surface area (Å²) in [5, 5.41) is 2.81. The standard InChI is InChI=1S/C29H31F3N4O3/c1-15(2)16-7-17(9-18(33)8-16)21-5-6-34-12-26(21)36-29(37)25-4-3-22(30)28(35-25)27-23(31)10-19(11-24(27)32)39-20-13-38-14-20/h3-6,10-12,15-18,20H,7-9,13-14,33H2,1-2H3,(H,36,37)/t16-,17+,18-/m0/s1. The van der Waals surface area contributed by atoms with Crippen molar-refractivity contribution in [2.24, 2.45) is 17.6 Å². The highest BCUT2D eigenvalue weighted by atomic mass is 19.1. The van der Waals surface area contributed by atoms with Crippen molar-refractivity contribution in [2.45, 2.75) is 51.2 Å². The van der Waals surface area contributed by atoms with Gasteiger partial charge in [-0.05, 0) is 60.8 Å². The topological polar surface area (TPSA) is 99.4 Å². The molecule has 206 valence electrons. The van der Waals surface area contributed by atoms with Gasteiger partial charge in [-0.1, -0.05) is 13.8 Å². The number of ether oxygens (including phenoxy) is 2. The Labute approximate surface area is 224 Å². The van der Waals surface area contributed by atoms with Gasteiger partial charge < -0.3 is 20.5 Å². The van der Waals surface area contributed by atoms with Crippen LogP contribution in [0.3, 0.4) is 0 Å². The molecule has 10 heteroatoms. The first kappa shape index (κ1) is 27.1. The van der Waals surface area contributed by atoms with E-state index in [9.17, 15) is 18.0 Å². The van der Waals surface area contributed by atoms with Gasteiger partial charge in [0.1, 0.15) is 40.7 Å². The minimum atomic E-state index is -1.06. The summed E-state index contributed by atoms with van der Waals surface area (Å²) in [7, 11) is 0. The summed E-state index contributed by atoms with van der Waals surface area (Å²) >= 11 is 0. The third-order valence-electron chi connectivity index (χ3n) is 7.51. The Morgan fingerprint density at radius 2 is 1.82 bits per heavy atom. The average molecular weight is 541 g/mol. The van der Waals surface area contributed by atoms with Gasteiger partial charge in [0, 0.05) is 24.4 Å². The SMILES string of the molecule is CC(C)[C@@H]1C[C@H](N)C[C@H](c2ccncc2NC(=O)c2ccc(F)c(-c3c(F)cc(OC4COC4)cc3F)n2)C1. The van der Waals surface area contributed by atoms with Gasteiger partial charge >= 0.3 is 0 Å². The van der Waals surface area contributed by atoms with Crippen LogP contribution in [0.25, 0.3) is 11.3 Å². The maximum absolute atomic E-state index is 14.9. The van der Waals surface area contributed by atoms with Gasteiger partial charge in [0.15, 0.2) is 0 Å². The molecule has 3 aromatic rings. The highest BCUT2D eigenvalue weighted by molar-refractivity contribution is 6.03. The summed E-state index contributed by atoms with van der Waals surface area (Å²) in [4.78, 5) is 21.4. The van der Waals surface area contributed by atoms with E-state index in [-0.39, 0.29) is 29.5 Å². The Balaban J connectivity index is 1.39. The van der Waals surface area contributed by atoms with Crippen molar-refractivity contribution in [2.75, 3.05) is 18.5 Å². The van der Waals surface area contributed by atoms with Crippen LogP contribution in [-0.2, 0) is 4.74 Å². The summed E-state index contributed by atoms with van der Waals surface area (Å²) in [5.74, 6) is -2.71. The summed E-state index contributed by atoms with van der Waals surface area (Å²) in [6, 6.07) is 5.97. The van der Waals surface area contributed by atoms with Gasteiger partial charge in [-0.2, -0.15) is 0 Å². The number of nitrogens with one attached hydrogen (secondary N) is 1. The third-order valence-corrected chi connectivity index (χ3v) is 7.51. The molecule has 3 N–H and O–H groups in total. The quantitative estimate of drug-likeness (QED) is 0.413. The van der Waals surface area contributed by atoms with Gasteiger partial charge in [-0.15, -0.1) is 0 Å². The molecule has 7 nitrogen and oxygen atoms in total. The van der Waals surface area contributed by atoms with E-state index in [0.717, 1.165) is 43.0 Å². The molecule has 1 aromatic carbocycles. The molecule has 1 saturated carbocycles. The zero-order chi connectivity index (χ0) is 27.7. The zero-order valence-electron chi connectivity index (χ0n) is 21.8. The predicted molar refractivity (Wildman–Crippen MR) is 140 cm³/mol. The number of aromatic nitrogens is 2. The van der Waals surface area contributed by atoms with Crippen LogP contribution in [0.2, 0.25) is 0 Å². The second-order valence-electron chi connectivity index (χ2n) is 10.7. The zero-order valence-corrected chi connectivity index (χ0v) is 21.8. The first-order chi connectivity index (χ1) is 18.7. The van der Waals surface area contributed by atoms with Crippen LogP contribution in [0.5, 0.6) is 5.75 Å². The molecule has 3 heterocycles. The van der Waals surface area contributed by atoms with E-state index in [1.54, 1.807) is 12.4 Å². The van der Waals surface area contributed by atoms with Gasteiger partial charge in [0.25, 0.3) is 5.91 Å². The number of nitrogens with zero attached hydrogens (tertiary/aromatic N) is 2. The molecule has 39 heavy (non-hydrogen) atoms. The number of halogens is 3. The Morgan fingerprint density at radius 3 is 2.49 bits per heavy atom. The van der Waals surface area contributed by atoms with Crippen LogP contribution in [0.4, 0.5) is 18.9 Å². The largest absolute Gasteiger partial charge is 0.485 e. The third kappa shape index (κ3) is 5.91. The molecule has 0 unspecified atom stereocenters. The van der Waals surface area contributed by atoms with E-state index in [0.29, 0.717) is 30.7 Å². The molecule has 3 atom stereocenters. The maximum Gasteiger partial charge on any atom is 0.274 e. The first-order valence-electron chi connectivity index (χ1n) is 13.1. The van der Waals surface area contributed by atoms with Gasteiger partial charge in [0.2, 0.25) is 0 Å². The average Bonchev–Trinajstić information content (AvgIpc) is 2.87. The lowest BCUT2D eigenvalue weighted by Gasteiger charge is -2.36. The second-order valence-corrected chi connectivity index (χ2v) is 10.7. The Bertz CT molecular complexity index is 1340. The summed E-state index contributed by atoms with van der Waals surface area (Å²) < 4.78 is 55.0. The van der Waals surface area contributed by atoms with E-state index < -0.39 is 34.6 Å². The van der Waals surface area contributed by atoms with Crippen molar-refractivity contribution in [3.8, 4) is 17.0 Å². The van der Waals surface area contributed by atoms with E-state index in [1.807, 2.05) is 6.07 Å². The van der Waals surface area contributed by atoms with E-state index >= 15 is 0 Å². The van der Waals surface area contributed by atoms with Crippen LogP contribution in [0.1, 0.15) is 55.1 Å². The molecular formula is C29H31F3N4O3. The molecule has 1 saturated heterocycles. The number of carbonyl (C=O) groups is 1. The van der Waals surface area contributed by atoms with Crippen molar-refractivity contribution in [1.82, 2.24) is 9.97 Å². The lowest BCUT2D eigenvalue weighted by molar-refractivity contribution is -0.0798. The molecule has 1 aliphatic heterocycles. The fraction of sp³-hybridized carbons (Fsp3) is 0.414. The minimum Gasteiger partial charge on any atom is -0.485 e. The summed E-state index contributed by atoms with van der Waals surface area (Å²) in [6.45, 7) is 5.01. The van der Waals surface area contributed by atoms with E-state index in [1.165, 1.54) is 6.07 Å². The lowest BCUT2D eigenvalue weighted by Crippen LogP contribution is -2.38. The molecular weight excluding hydrogens is 509 g/mol. The molecule has 5 rings (SSSR count). The molecule has 0 radical (unpaired) electrons. The van der Waals surface area contributed by atoms with Gasteiger partial charge in [-0.3, -0.25) is 9.78 Å². The fourth-order valence-corrected chi connectivity index (χ4v) is 5.32. The fourth-order valence-electron chi connectivity index (χ4n) is 5.32. The van der Waals surface area contributed by atoms with Crippen molar-refractivity contribution < 1.29 is 27.4 Å². The maximum atomic E-state index is 14.9. The Morgan fingerprint density at radius 1 is 1.08 bits per heavy atom. The minimum absolute atomic E-state index is 0.0393. The molecule has 0 spiro atoms. The van der Waals surface area contributed by atoms with Crippen molar-refractivity contribution in [3.05, 3.63) is 71.4 Å². The number of anilines is 1. The molecule has 1 amide bonds. The van der Waals surface area contributed by atoms with Crippen molar-refractivity contribution in [1.29, 1.82) is 0 Å². The predicted octanol–water partition coefficient (Wildman–Crippen LogP) is 5.46. The van der Waals surface area contributed by atoms with Crippen LogP contribution in [-0.4, -0.2) is 41.2 Å². The molecule has 2 fully saturated rings.